The van der Waals surface area contributed by atoms with Crippen molar-refractivity contribution < 1.29 is 0 Å². The van der Waals surface area contributed by atoms with Gasteiger partial charge in [0.2, 0.25) is 0 Å². The van der Waals surface area contributed by atoms with Crippen molar-refractivity contribution in [2.75, 3.05) is 18.4 Å². The van der Waals surface area contributed by atoms with E-state index in [0.29, 0.717) is 0 Å². The van der Waals surface area contributed by atoms with Crippen LogP contribution in [0.3, 0.4) is 0 Å². The van der Waals surface area contributed by atoms with E-state index in [0.717, 1.165) is 12.5 Å². The Balaban J connectivity index is 1.79. The highest BCUT2D eigenvalue weighted by Crippen LogP contribution is 2.21. The molecular formula is C11H16BrNS. The Labute approximate surface area is 98.2 Å². The Morgan fingerprint density at radius 2 is 2.21 bits per heavy atom. The van der Waals surface area contributed by atoms with Crippen LogP contribution in [0.15, 0.2) is 17.5 Å². The van der Waals surface area contributed by atoms with Crippen LogP contribution in [0.5, 0.6) is 0 Å². The van der Waals surface area contributed by atoms with Crippen LogP contribution >= 0.6 is 27.3 Å². The highest BCUT2D eigenvalue weighted by Gasteiger charge is 2.18. The number of likely N-dealkylation sites (tertiary alicyclic amines) is 1. The van der Waals surface area contributed by atoms with Crippen molar-refractivity contribution in [2.45, 2.75) is 19.4 Å². The largest absolute Gasteiger partial charge is 0.298 e. The number of nitrogens with zero attached hydrogens (tertiary/aromatic N) is 1. The van der Waals surface area contributed by atoms with Crippen molar-refractivity contribution in [3.8, 4) is 0 Å². The highest BCUT2D eigenvalue weighted by molar-refractivity contribution is 9.09. The molecule has 0 amide bonds. The van der Waals surface area contributed by atoms with Crippen LogP contribution in [-0.2, 0) is 6.54 Å². The number of hydrogen-bond acceptors (Lipinski definition) is 2. The normalized spacial score (nSPS) is 20.1. The maximum absolute atomic E-state index is 3.58. The van der Waals surface area contributed by atoms with Gasteiger partial charge in [0.15, 0.2) is 0 Å². The Kier molecular flexibility index (Phi) is 4.02. The zero-order valence-electron chi connectivity index (χ0n) is 8.29. The van der Waals surface area contributed by atoms with E-state index in [1.165, 1.54) is 36.1 Å². The molecule has 1 aromatic heterocycles. The van der Waals surface area contributed by atoms with Gasteiger partial charge in [-0.25, -0.2) is 0 Å². The number of halogens is 1. The van der Waals surface area contributed by atoms with Crippen LogP contribution in [0.4, 0.5) is 0 Å². The van der Waals surface area contributed by atoms with E-state index in [4.69, 9.17) is 0 Å². The lowest BCUT2D eigenvalue weighted by Crippen LogP contribution is -2.33. The summed E-state index contributed by atoms with van der Waals surface area (Å²) in [6.45, 7) is 3.70. The molecule has 0 spiro atoms. The van der Waals surface area contributed by atoms with Gasteiger partial charge in [-0.3, -0.25) is 4.90 Å². The van der Waals surface area contributed by atoms with Gasteiger partial charge in [-0.2, -0.15) is 0 Å². The third-order valence-corrected chi connectivity index (χ3v) is 4.66. The molecule has 14 heavy (non-hydrogen) atoms. The summed E-state index contributed by atoms with van der Waals surface area (Å²) < 4.78 is 0. The van der Waals surface area contributed by atoms with Crippen LogP contribution < -0.4 is 0 Å². The molecule has 78 valence electrons. The summed E-state index contributed by atoms with van der Waals surface area (Å²) in [4.78, 5) is 4.08. The van der Waals surface area contributed by atoms with Crippen LogP contribution in [0.2, 0.25) is 0 Å². The minimum absolute atomic E-state index is 0.912. The van der Waals surface area contributed by atoms with Gasteiger partial charge >= 0.3 is 0 Å². The van der Waals surface area contributed by atoms with Crippen LogP contribution in [0.25, 0.3) is 0 Å². The van der Waals surface area contributed by atoms with Crippen LogP contribution in [-0.4, -0.2) is 23.3 Å². The van der Waals surface area contributed by atoms with Crippen LogP contribution in [0.1, 0.15) is 17.7 Å². The number of hydrogen-bond donors (Lipinski definition) is 0. The summed E-state index contributed by atoms with van der Waals surface area (Å²) in [5.41, 5.74) is 0. The van der Waals surface area contributed by atoms with Gasteiger partial charge in [0, 0.05) is 16.8 Å². The molecule has 1 nitrogen and oxygen atoms in total. The fourth-order valence-corrected chi connectivity index (χ4v) is 3.32. The molecule has 1 aromatic rings. The van der Waals surface area contributed by atoms with Crippen molar-refractivity contribution in [2.24, 2.45) is 5.92 Å². The molecule has 1 aliphatic heterocycles. The first kappa shape index (κ1) is 10.7. The van der Waals surface area contributed by atoms with E-state index in [9.17, 15) is 0 Å². The minimum atomic E-state index is 0.912. The van der Waals surface area contributed by atoms with Crippen molar-refractivity contribution in [1.29, 1.82) is 0 Å². The second-order valence-corrected chi connectivity index (χ2v) is 5.63. The van der Waals surface area contributed by atoms with E-state index >= 15 is 0 Å². The molecule has 0 bridgehead atoms. The molecule has 0 saturated carbocycles. The quantitative estimate of drug-likeness (QED) is 0.764. The van der Waals surface area contributed by atoms with E-state index in [1.54, 1.807) is 0 Å². The average molecular weight is 274 g/mol. The third kappa shape index (κ3) is 2.81. The summed E-state index contributed by atoms with van der Waals surface area (Å²) in [5.74, 6) is 0.912. The van der Waals surface area contributed by atoms with Crippen molar-refractivity contribution >= 4 is 27.3 Å². The first-order chi connectivity index (χ1) is 6.88. The van der Waals surface area contributed by atoms with Crippen molar-refractivity contribution in [3.63, 3.8) is 0 Å². The molecule has 0 N–H and O–H groups in total. The maximum Gasteiger partial charge on any atom is 0.0327 e. The van der Waals surface area contributed by atoms with Gasteiger partial charge in [-0.15, -0.1) is 11.3 Å². The summed E-state index contributed by atoms with van der Waals surface area (Å²) in [7, 11) is 0. The van der Waals surface area contributed by atoms with E-state index in [2.05, 4.69) is 38.3 Å². The zero-order chi connectivity index (χ0) is 9.80. The summed E-state index contributed by atoms with van der Waals surface area (Å²) in [5, 5.41) is 3.35. The number of piperidine rings is 1. The summed E-state index contributed by atoms with van der Waals surface area (Å²) >= 11 is 5.45. The first-order valence-corrected chi connectivity index (χ1v) is 7.19. The Hall–Kier alpha value is 0.140. The predicted octanol–water partition coefficient (Wildman–Crippen LogP) is 3.36. The lowest BCUT2D eigenvalue weighted by Gasteiger charge is -2.30. The van der Waals surface area contributed by atoms with E-state index < -0.39 is 0 Å². The summed E-state index contributed by atoms with van der Waals surface area (Å²) in [6.07, 6.45) is 2.72. The van der Waals surface area contributed by atoms with Crippen molar-refractivity contribution in [3.05, 3.63) is 22.4 Å². The van der Waals surface area contributed by atoms with Gasteiger partial charge in [0.1, 0.15) is 0 Å². The molecule has 0 unspecified atom stereocenters. The molecule has 1 saturated heterocycles. The molecule has 3 heteroatoms. The number of thiophene rings is 1. The van der Waals surface area contributed by atoms with E-state index in [1.807, 2.05) is 11.3 Å². The van der Waals surface area contributed by atoms with Gasteiger partial charge < -0.3 is 0 Å². The average Bonchev–Trinajstić information content (AvgIpc) is 2.72. The number of rotatable bonds is 3. The molecule has 0 aliphatic carbocycles. The third-order valence-electron chi connectivity index (χ3n) is 2.88. The predicted molar refractivity (Wildman–Crippen MR) is 66.1 cm³/mol. The van der Waals surface area contributed by atoms with Gasteiger partial charge in [0.25, 0.3) is 0 Å². The van der Waals surface area contributed by atoms with Crippen LogP contribution in [0, 0.1) is 5.92 Å². The molecule has 0 aromatic carbocycles. The van der Waals surface area contributed by atoms with Gasteiger partial charge in [0.05, 0.1) is 0 Å². The molecule has 1 aliphatic rings. The first-order valence-electron chi connectivity index (χ1n) is 5.19. The highest BCUT2D eigenvalue weighted by atomic mass is 79.9. The molecule has 0 atom stereocenters. The minimum Gasteiger partial charge on any atom is -0.298 e. The topological polar surface area (TPSA) is 3.24 Å². The fraction of sp³-hybridized carbons (Fsp3) is 0.636. The lowest BCUT2D eigenvalue weighted by atomic mass is 9.99. The second kappa shape index (κ2) is 5.29. The Morgan fingerprint density at radius 3 is 2.79 bits per heavy atom. The molecule has 0 radical (unpaired) electrons. The zero-order valence-corrected chi connectivity index (χ0v) is 10.7. The van der Waals surface area contributed by atoms with E-state index in [-0.39, 0.29) is 0 Å². The Bertz CT molecular complexity index is 252. The molecule has 1 fully saturated rings. The number of alkyl halides is 1. The lowest BCUT2D eigenvalue weighted by molar-refractivity contribution is 0.189. The van der Waals surface area contributed by atoms with Gasteiger partial charge in [-0.05, 0) is 43.3 Å². The Morgan fingerprint density at radius 1 is 1.43 bits per heavy atom. The fourth-order valence-electron chi connectivity index (χ4n) is 1.92. The molecule has 2 rings (SSSR count). The molecular weight excluding hydrogens is 258 g/mol. The van der Waals surface area contributed by atoms with Gasteiger partial charge in [-0.1, -0.05) is 22.0 Å². The second-order valence-electron chi connectivity index (χ2n) is 3.95. The van der Waals surface area contributed by atoms with Crippen molar-refractivity contribution in [1.82, 2.24) is 4.90 Å². The smallest absolute Gasteiger partial charge is 0.0327 e. The standard InChI is InChI=1S/C11H16BrNS/c12-8-10-3-5-13(6-4-10)9-11-2-1-7-14-11/h1-2,7,10H,3-6,8-9H2. The molecule has 2 heterocycles. The summed E-state index contributed by atoms with van der Waals surface area (Å²) in [6, 6.07) is 4.38. The maximum atomic E-state index is 3.58. The SMILES string of the molecule is BrCC1CCN(Cc2cccs2)CC1. The monoisotopic (exact) mass is 273 g/mol.